The fourth-order valence-electron chi connectivity index (χ4n) is 1.63. The van der Waals surface area contributed by atoms with E-state index in [4.69, 9.17) is 0 Å². The summed E-state index contributed by atoms with van der Waals surface area (Å²) in [4.78, 5) is 4.31. The molecule has 2 N–H and O–H groups in total. The van der Waals surface area contributed by atoms with Gasteiger partial charge in [0, 0.05) is 18.1 Å². The Balaban J connectivity index is 2.52. The van der Waals surface area contributed by atoms with Crippen molar-refractivity contribution in [3.8, 4) is 0 Å². The summed E-state index contributed by atoms with van der Waals surface area (Å²) in [6, 6.07) is 0.268. The molecule has 0 radical (unpaired) electrons. The van der Waals surface area contributed by atoms with Gasteiger partial charge in [0.1, 0.15) is 5.01 Å². The average Bonchev–Trinajstić information content (AvgIpc) is 2.83. The van der Waals surface area contributed by atoms with Crippen molar-refractivity contribution in [3.63, 3.8) is 0 Å². The molecule has 1 unspecified atom stereocenters. The molecule has 1 rings (SSSR count). The minimum atomic E-state index is -0.579. The molecular weight excluding hydrogens is 220 g/mol. The molecule has 0 spiro atoms. The second-order valence-electron chi connectivity index (χ2n) is 4.14. The Bertz CT molecular complexity index is 283. The summed E-state index contributed by atoms with van der Waals surface area (Å²) in [6.45, 7) is 6.82. The highest BCUT2D eigenvalue weighted by Gasteiger charge is 2.23. The number of aliphatic hydroxyl groups is 1. The van der Waals surface area contributed by atoms with Crippen molar-refractivity contribution in [3.05, 3.63) is 16.6 Å². The van der Waals surface area contributed by atoms with Gasteiger partial charge in [0.2, 0.25) is 0 Å². The molecule has 0 aromatic carbocycles. The van der Waals surface area contributed by atoms with Crippen molar-refractivity contribution in [1.29, 1.82) is 0 Å². The fourth-order valence-corrected chi connectivity index (χ4v) is 2.42. The lowest BCUT2D eigenvalue weighted by molar-refractivity contribution is 0.0297. The van der Waals surface area contributed by atoms with Gasteiger partial charge < -0.3 is 10.4 Å². The van der Waals surface area contributed by atoms with Gasteiger partial charge in [0.05, 0.1) is 11.6 Å². The van der Waals surface area contributed by atoms with Crippen LogP contribution in [0.4, 0.5) is 0 Å². The first-order chi connectivity index (χ1) is 7.65. The van der Waals surface area contributed by atoms with Crippen LogP contribution in [0.3, 0.4) is 0 Å². The number of hydrogen-bond acceptors (Lipinski definition) is 4. The molecule has 1 aromatic rings. The van der Waals surface area contributed by atoms with E-state index in [2.05, 4.69) is 17.2 Å². The highest BCUT2D eigenvalue weighted by atomic mass is 32.1. The van der Waals surface area contributed by atoms with Gasteiger partial charge in [-0.3, -0.25) is 0 Å². The van der Waals surface area contributed by atoms with E-state index in [1.165, 1.54) is 0 Å². The van der Waals surface area contributed by atoms with Crippen molar-refractivity contribution in [1.82, 2.24) is 10.3 Å². The largest absolute Gasteiger partial charge is 0.389 e. The Morgan fingerprint density at radius 2 is 2.12 bits per heavy atom. The van der Waals surface area contributed by atoms with Crippen LogP contribution in [0, 0.1) is 0 Å². The predicted molar refractivity (Wildman–Crippen MR) is 68.7 cm³/mol. The third-order valence-electron chi connectivity index (χ3n) is 3.15. The van der Waals surface area contributed by atoms with Gasteiger partial charge in [-0.05, 0) is 19.3 Å². The number of hydrogen-bond donors (Lipinski definition) is 2. The minimum absolute atomic E-state index is 0.268. The average molecular weight is 242 g/mol. The molecule has 1 aromatic heterocycles. The molecule has 1 heterocycles. The monoisotopic (exact) mass is 242 g/mol. The molecule has 0 bridgehead atoms. The first kappa shape index (κ1) is 13.6. The molecular formula is C12H22N2OS. The predicted octanol–water partition coefficient (Wildman–Crippen LogP) is 2.73. The van der Waals surface area contributed by atoms with Crippen LogP contribution < -0.4 is 5.32 Å². The molecule has 0 amide bonds. The van der Waals surface area contributed by atoms with Gasteiger partial charge in [-0.2, -0.15) is 0 Å². The highest BCUT2D eigenvalue weighted by Crippen LogP contribution is 2.21. The van der Waals surface area contributed by atoms with Crippen molar-refractivity contribution >= 4 is 11.3 Å². The zero-order valence-electron chi connectivity index (χ0n) is 10.4. The van der Waals surface area contributed by atoms with Crippen molar-refractivity contribution in [2.24, 2.45) is 0 Å². The van der Waals surface area contributed by atoms with Gasteiger partial charge in [0.25, 0.3) is 0 Å². The topological polar surface area (TPSA) is 45.1 Å². The quantitative estimate of drug-likeness (QED) is 0.773. The minimum Gasteiger partial charge on any atom is -0.389 e. The van der Waals surface area contributed by atoms with Gasteiger partial charge in [-0.25, -0.2) is 4.98 Å². The first-order valence-corrected chi connectivity index (χ1v) is 6.88. The summed E-state index contributed by atoms with van der Waals surface area (Å²) in [6.07, 6.45) is 4.39. The molecule has 0 aliphatic carbocycles. The summed E-state index contributed by atoms with van der Waals surface area (Å²) in [5, 5.41) is 16.7. The number of nitrogens with zero attached hydrogens (tertiary/aromatic N) is 1. The van der Waals surface area contributed by atoms with E-state index >= 15 is 0 Å². The fraction of sp³-hybridized carbons (Fsp3) is 0.750. The van der Waals surface area contributed by atoms with E-state index < -0.39 is 5.60 Å². The van der Waals surface area contributed by atoms with Crippen LogP contribution in [-0.2, 0) is 0 Å². The van der Waals surface area contributed by atoms with Gasteiger partial charge in [-0.15, -0.1) is 11.3 Å². The molecule has 0 saturated heterocycles. The molecule has 92 valence electrons. The molecule has 4 heteroatoms. The zero-order chi connectivity index (χ0) is 12.0. The van der Waals surface area contributed by atoms with Crippen molar-refractivity contribution in [2.45, 2.75) is 51.7 Å². The van der Waals surface area contributed by atoms with Crippen LogP contribution in [0.25, 0.3) is 0 Å². The molecule has 16 heavy (non-hydrogen) atoms. The van der Waals surface area contributed by atoms with Crippen LogP contribution in [-0.4, -0.2) is 22.2 Å². The number of thiazole rings is 1. The van der Waals surface area contributed by atoms with E-state index in [1.807, 2.05) is 25.4 Å². The highest BCUT2D eigenvalue weighted by molar-refractivity contribution is 7.09. The standard InChI is InChI=1S/C12H22N2OS/c1-4-10(11-13-7-8-16-11)14-9-12(15,5-2)6-3/h7-8,10,14-15H,4-6,9H2,1-3H3. The maximum Gasteiger partial charge on any atom is 0.109 e. The Morgan fingerprint density at radius 3 is 2.56 bits per heavy atom. The number of nitrogens with one attached hydrogen (secondary N) is 1. The lowest BCUT2D eigenvalue weighted by Gasteiger charge is -2.27. The Labute approximate surface area is 102 Å². The smallest absolute Gasteiger partial charge is 0.109 e. The van der Waals surface area contributed by atoms with Gasteiger partial charge in [-0.1, -0.05) is 20.8 Å². The molecule has 0 saturated carbocycles. The summed E-state index contributed by atoms with van der Waals surface area (Å²) in [7, 11) is 0. The van der Waals surface area contributed by atoms with Crippen molar-refractivity contribution in [2.75, 3.05) is 6.54 Å². The van der Waals surface area contributed by atoms with Gasteiger partial charge >= 0.3 is 0 Å². The van der Waals surface area contributed by atoms with E-state index in [1.54, 1.807) is 11.3 Å². The molecule has 0 aliphatic rings. The summed E-state index contributed by atoms with van der Waals surface area (Å²) in [5.74, 6) is 0. The summed E-state index contributed by atoms with van der Waals surface area (Å²) < 4.78 is 0. The van der Waals surface area contributed by atoms with Crippen LogP contribution in [0.15, 0.2) is 11.6 Å². The normalized spacial score (nSPS) is 14.0. The maximum absolute atomic E-state index is 10.2. The third-order valence-corrected chi connectivity index (χ3v) is 4.04. The van der Waals surface area contributed by atoms with E-state index in [0.29, 0.717) is 6.54 Å². The molecule has 1 atom stereocenters. The van der Waals surface area contributed by atoms with Crippen LogP contribution in [0.1, 0.15) is 51.1 Å². The summed E-state index contributed by atoms with van der Waals surface area (Å²) in [5.41, 5.74) is -0.579. The van der Waals surface area contributed by atoms with Crippen molar-refractivity contribution < 1.29 is 5.11 Å². The van der Waals surface area contributed by atoms with Crippen LogP contribution in [0.2, 0.25) is 0 Å². The summed E-state index contributed by atoms with van der Waals surface area (Å²) >= 11 is 1.67. The molecule has 0 aliphatic heterocycles. The Hall–Kier alpha value is -0.450. The SMILES string of the molecule is CCC(NCC(O)(CC)CC)c1nccs1. The molecule has 0 fully saturated rings. The van der Waals surface area contributed by atoms with E-state index in [9.17, 15) is 5.11 Å². The lowest BCUT2D eigenvalue weighted by Crippen LogP contribution is -2.40. The van der Waals surface area contributed by atoms with Gasteiger partial charge in [0.15, 0.2) is 0 Å². The molecule has 3 nitrogen and oxygen atoms in total. The Morgan fingerprint density at radius 1 is 1.44 bits per heavy atom. The second kappa shape index (κ2) is 6.33. The maximum atomic E-state index is 10.2. The number of aromatic nitrogens is 1. The zero-order valence-corrected chi connectivity index (χ0v) is 11.2. The second-order valence-corrected chi connectivity index (χ2v) is 5.07. The van der Waals surface area contributed by atoms with E-state index in [0.717, 1.165) is 24.3 Å². The lowest BCUT2D eigenvalue weighted by atomic mass is 9.97. The number of rotatable bonds is 7. The van der Waals surface area contributed by atoms with Crippen LogP contribution >= 0.6 is 11.3 Å². The Kier molecular flexibility index (Phi) is 5.38. The first-order valence-electron chi connectivity index (χ1n) is 6.00. The van der Waals surface area contributed by atoms with Crippen LogP contribution in [0.5, 0.6) is 0 Å². The third kappa shape index (κ3) is 3.54. The van der Waals surface area contributed by atoms with E-state index in [-0.39, 0.29) is 6.04 Å².